The van der Waals surface area contributed by atoms with Gasteiger partial charge in [-0.3, -0.25) is 5.73 Å². The molecule has 1 heterocycles. The summed E-state index contributed by atoms with van der Waals surface area (Å²) >= 11 is 0. The van der Waals surface area contributed by atoms with Crippen molar-refractivity contribution in [3.63, 3.8) is 0 Å². The number of methoxy groups -OCH3 is 1. The molecule has 3 aromatic carbocycles. The molecule has 0 bridgehead atoms. The molecule has 0 amide bonds. The van der Waals surface area contributed by atoms with E-state index in [4.69, 9.17) is 15.2 Å². The predicted octanol–water partition coefficient (Wildman–Crippen LogP) is 3.65. The summed E-state index contributed by atoms with van der Waals surface area (Å²) in [7, 11) is 1.65. The van der Waals surface area contributed by atoms with Gasteiger partial charge in [0.25, 0.3) is 0 Å². The van der Waals surface area contributed by atoms with Gasteiger partial charge in [-0.1, -0.05) is 42.5 Å². The first-order valence-electron chi connectivity index (χ1n) is 9.33. The van der Waals surface area contributed by atoms with E-state index in [2.05, 4.69) is 33.4 Å². The lowest BCUT2D eigenvalue weighted by atomic mass is 10.2. The van der Waals surface area contributed by atoms with E-state index in [-0.39, 0.29) is 0 Å². The Hall–Kier alpha value is -3.47. The van der Waals surface area contributed by atoms with E-state index >= 15 is 0 Å². The summed E-state index contributed by atoms with van der Waals surface area (Å²) in [5, 5.41) is 0. The molecule has 0 spiro atoms. The van der Waals surface area contributed by atoms with Crippen LogP contribution >= 0.6 is 0 Å². The van der Waals surface area contributed by atoms with Crippen molar-refractivity contribution in [1.82, 2.24) is 4.57 Å². The number of para-hydroxylation sites is 2. The number of ether oxygens (including phenoxy) is 2. The molecule has 0 saturated carbocycles. The standard InChI is InChI=1S/C23H23N3O2/c1-27-19-11-13-20(14-12-19)28-16-15-25-21-9-5-6-10-22(21)26(23(25)24)17-18-7-3-2-4-8-18/h2-14,24H,15-17H2,1H3/p+1. The Bertz CT molecular complexity index is 1060. The van der Waals surface area contributed by atoms with Crippen molar-refractivity contribution in [3.05, 3.63) is 84.4 Å². The molecular weight excluding hydrogens is 350 g/mol. The quantitative estimate of drug-likeness (QED) is 0.503. The van der Waals surface area contributed by atoms with Crippen molar-refractivity contribution in [2.75, 3.05) is 19.5 Å². The molecule has 5 nitrogen and oxygen atoms in total. The van der Waals surface area contributed by atoms with Crippen molar-refractivity contribution in [1.29, 1.82) is 0 Å². The van der Waals surface area contributed by atoms with E-state index in [0.717, 1.165) is 35.0 Å². The molecule has 5 heteroatoms. The number of hydrogen-bond acceptors (Lipinski definition) is 3. The van der Waals surface area contributed by atoms with Crippen LogP contribution in [0, 0.1) is 0 Å². The van der Waals surface area contributed by atoms with Gasteiger partial charge in [-0.2, -0.15) is 0 Å². The number of hydrogen-bond donors (Lipinski definition) is 1. The van der Waals surface area contributed by atoms with Gasteiger partial charge in [0.15, 0.2) is 0 Å². The number of anilines is 1. The van der Waals surface area contributed by atoms with Gasteiger partial charge >= 0.3 is 5.95 Å². The van der Waals surface area contributed by atoms with Gasteiger partial charge in [0.05, 0.1) is 13.7 Å². The number of imidazole rings is 1. The van der Waals surface area contributed by atoms with Crippen LogP contribution in [-0.4, -0.2) is 18.3 Å². The molecule has 4 aromatic rings. The van der Waals surface area contributed by atoms with Crippen molar-refractivity contribution < 1.29 is 14.0 Å². The van der Waals surface area contributed by atoms with Crippen molar-refractivity contribution in [2.24, 2.45) is 0 Å². The average molecular weight is 374 g/mol. The molecule has 0 aliphatic heterocycles. The van der Waals surface area contributed by atoms with E-state index in [1.165, 1.54) is 5.56 Å². The molecule has 28 heavy (non-hydrogen) atoms. The lowest BCUT2D eigenvalue weighted by Gasteiger charge is -2.07. The van der Waals surface area contributed by atoms with Crippen LogP contribution < -0.4 is 19.8 Å². The summed E-state index contributed by atoms with van der Waals surface area (Å²) in [6.07, 6.45) is 0. The molecule has 0 aliphatic carbocycles. The van der Waals surface area contributed by atoms with Crippen LogP contribution in [0.5, 0.6) is 11.5 Å². The van der Waals surface area contributed by atoms with Crippen LogP contribution in [0.2, 0.25) is 0 Å². The number of nitrogen functional groups attached to an aromatic ring is 1. The van der Waals surface area contributed by atoms with Crippen molar-refractivity contribution in [3.8, 4) is 11.5 Å². The normalized spacial score (nSPS) is 10.9. The van der Waals surface area contributed by atoms with E-state index in [1.807, 2.05) is 54.6 Å². The zero-order valence-corrected chi connectivity index (χ0v) is 15.9. The molecule has 1 aromatic heterocycles. The minimum absolute atomic E-state index is 0.528. The predicted molar refractivity (Wildman–Crippen MR) is 111 cm³/mol. The van der Waals surface area contributed by atoms with Crippen LogP contribution in [0.15, 0.2) is 78.9 Å². The third kappa shape index (κ3) is 3.64. The van der Waals surface area contributed by atoms with Crippen molar-refractivity contribution >= 4 is 17.0 Å². The molecule has 142 valence electrons. The second-order valence-corrected chi connectivity index (χ2v) is 6.59. The second-order valence-electron chi connectivity index (χ2n) is 6.59. The Kier molecular flexibility index (Phi) is 5.15. The summed E-state index contributed by atoms with van der Waals surface area (Å²) in [6, 6.07) is 26.2. The van der Waals surface area contributed by atoms with Crippen LogP contribution in [0.25, 0.3) is 11.0 Å². The molecular formula is C23H24N3O2+. The highest BCUT2D eigenvalue weighted by atomic mass is 16.5. The van der Waals surface area contributed by atoms with Crippen LogP contribution in [0.4, 0.5) is 5.95 Å². The minimum Gasteiger partial charge on any atom is -0.497 e. The minimum atomic E-state index is 0.528. The van der Waals surface area contributed by atoms with Gasteiger partial charge in [0.2, 0.25) is 0 Å². The fourth-order valence-corrected chi connectivity index (χ4v) is 3.41. The van der Waals surface area contributed by atoms with Crippen LogP contribution in [-0.2, 0) is 13.1 Å². The Morgan fingerprint density at radius 2 is 1.54 bits per heavy atom. The summed E-state index contributed by atoms with van der Waals surface area (Å²) < 4.78 is 15.3. The highest BCUT2D eigenvalue weighted by molar-refractivity contribution is 5.73. The zero-order chi connectivity index (χ0) is 19.3. The Morgan fingerprint density at radius 3 is 2.29 bits per heavy atom. The van der Waals surface area contributed by atoms with Gasteiger partial charge in [-0.25, -0.2) is 9.13 Å². The molecule has 0 saturated heterocycles. The maximum atomic E-state index is 6.54. The zero-order valence-electron chi connectivity index (χ0n) is 15.9. The fraction of sp³-hybridized carbons (Fsp3) is 0.174. The Morgan fingerprint density at radius 1 is 0.857 bits per heavy atom. The molecule has 0 fully saturated rings. The number of fused-ring (bicyclic) bond motifs is 1. The number of rotatable bonds is 7. The fourth-order valence-electron chi connectivity index (χ4n) is 3.41. The molecule has 0 aliphatic rings. The van der Waals surface area contributed by atoms with Crippen molar-refractivity contribution in [2.45, 2.75) is 13.1 Å². The third-order valence-corrected chi connectivity index (χ3v) is 4.84. The first-order valence-corrected chi connectivity index (χ1v) is 9.33. The lowest BCUT2D eigenvalue weighted by Crippen LogP contribution is -2.37. The van der Waals surface area contributed by atoms with Gasteiger partial charge in [-0.05, 0) is 42.0 Å². The third-order valence-electron chi connectivity index (χ3n) is 4.84. The maximum absolute atomic E-state index is 6.54. The summed E-state index contributed by atoms with van der Waals surface area (Å²) in [5.41, 5.74) is 9.98. The van der Waals surface area contributed by atoms with Gasteiger partial charge < -0.3 is 9.47 Å². The van der Waals surface area contributed by atoms with Crippen LogP contribution in [0.1, 0.15) is 5.56 Å². The van der Waals surface area contributed by atoms with E-state index < -0.39 is 0 Å². The highest BCUT2D eigenvalue weighted by Gasteiger charge is 2.20. The molecule has 0 unspecified atom stereocenters. The van der Waals surface area contributed by atoms with Gasteiger partial charge in [-0.15, -0.1) is 0 Å². The number of benzene rings is 3. The molecule has 0 radical (unpaired) electrons. The lowest BCUT2D eigenvalue weighted by molar-refractivity contribution is -0.648. The number of nitrogens with zero attached hydrogens (tertiary/aromatic N) is 2. The first-order chi connectivity index (χ1) is 13.8. The Balaban J connectivity index is 1.55. The monoisotopic (exact) mass is 374 g/mol. The highest BCUT2D eigenvalue weighted by Crippen LogP contribution is 2.19. The topological polar surface area (TPSA) is 53.3 Å². The van der Waals surface area contributed by atoms with Gasteiger partial charge in [0.1, 0.15) is 35.7 Å². The second kappa shape index (κ2) is 8.05. The Labute approximate surface area is 164 Å². The summed E-state index contributed by atoms with van der Waals surface area (Å²) in [5.74, 6) is 2.35. The van der Waals surface area contributed by atoms with E-state index in [9.17, 15) is 0 Å². The van der Waals surface area contributed by atoms with E-state index in [0.29, 0.717) is 13.2 Å². The average Bonchev–Trinajstić information content (AvgIpc) is 3.01. The first kappa shape index (κ1) is 17.9. The number of nitrogens with two attached hydrogens (primary N) is 1. The molecule has 2 N–H and O–H groups in total. The SMILES string of the molecule is COc1ccc(OCCn2c(N)[n+](Cc3ccccc3)c3ccccc32)cc1. The largest absolute Gasteiger partial charge is 0.497 e. The van der Waals surface area contributed by atoms with Crippen LogP contribution in [0.3, 0.4) is 0 Å². The molecule has 4 rings (SSSR count). The summed E-state index contributed by atoms with van der Waals surface area (Å²) in [6.45, 7) is 1.93. The number of aromatic nitrogens is 2. The summed E-state index contributed by atoms with van der Waals surface area (Å²) in [4.78, 5) is 0. The van der Waals surface area contributed by atoms with Gasteiger partial charge in [0, 0.05) is 0 Å². The van der Waals surface area contributed by atoms with E-state index in [1.54, 1.807) is 7.11 Å². The maximum Gasteiger partial charge on any atom is 0.356 e. The smallest absolute Gasteiger partial charge is 0.356 e. The molecule has 0 atom stereocenters.